The van der Waals surface area contributed by atoms with Crippen molar-refractivity contribution in [3.8, 4) is 11.5 Å². The minimum Gasteiger partial charge on any atom is -0.507 e. The van der Waals surface area contributed by atoms with Gasteiger partial charge in [0, 0.05) is 48.9 Å². The summed E-state index contributed by atoms with van der Waals surface area (Å²) >= 11 is 0. The molecule has 543 valence electrons. The maximum Gasteiger partial charge on any atom is 0.122 e. The van der Waals surface area contributed by atoms with E-state index in [1.165, 1.54) is 327 Å². The number of aliphatic hydroxyl groups excluding tert-OH is 5. The third-order valence-electron chi connectivity index (χ3n) is 21.5. The quantitative estimate of drug-likeness (QED) is 0.0327. The van der Waals surface area contributed by atoms with Gasteiger partial charge in [-0.25, -0.2) is 0 Å². The van der Waals surface area contributed by atoms with Gasteiger partial charge in [-0.05, 0) is 150 Å². The van der Waals surface area contributed by atoms with Crippen LogP contribution in [0, 0.1) is 13.8 Å². The van der Waals surface area contributed by atoms with Crippen LogP contribution in [0.3, 0.4) is 0 Å². The third-order valence-corrected chi connectivity index (χ3v) is 21.5. The number of aromatic hydroxyl groups is 2. The third kappa shape index (κ3) is 33.2. The Hall–Kier alpha value is -1.81. The number of aryl methyl sites for hydroxylation is 2. The number of phenols is 2. The van der Waals surface area contributed by atoms with Crippen LogP contribution in [0.5, 0.6) is 11.5 Å². The first-order valence-electron chi connectivity index (χ1n) is 39.0. The SMILES string of the molecule is CC(O)[C@@H](O)C(O)[C@@H](O)[C@H](C)O.CCCC[N+](CCCC)(CCCC)CCC(CC[N+](CCCC)(CCCC)CCCC)c1cc(C)c(O)c(Cc2cc(C(CC[N+](CCCC)(CCCC)CCCC)CC[N+](CCCC)(CCCC)CCCC)cc(C)c2O)c1.[Co]. The molecule has 0 aliphatic carbocycles. The number of aliphatic hydroxyl groups is 5. The van der Waals surface area contributed by atoms with E-state index < -0.39 is 30.5 Å². The molecular formula is C80H156CoN4O7+4. The van der Waals surface area contributed by atoms with E-state index in [4.69, 9.17) is 25.5 Å². The molecule has 2 aromatic carbocycles. The molecule has 0 saturated heterocycles. The molecule has 0 amide bonds. The van der Waals surface area contributed by atoms with Crippen molar-refractivity contribution >= 4 is 0 Å². The molecule has 2 unspecified atom stereocenters. The normalized spacial score (nSPS) is 14.1. The molecule has 0 aromatic heterocycles. The van der Waals surface area contributed by atoms with Gasteiger partial charge in [-0.15, -0.1) is 0 Å². The number of hydrogen-bond acceptors (Lipinski definition) is 7. The molecule has 0 heterocycles. The predicted octanol–water partition coefficient (Wildman–Crippen LogP) is 17.7. The first kappa shape index (κ1) is 90.2. The van der Waals surface area contributed by atoms with Crippen LogP contribution < -0.4 is 0 Å². The van der Waals surface area contributed by atoms with Gasteiger partial charge in [0.15, 0.2) is 0 Å². The summed E-state index contributed by atoms with van der Waals surface area (Å²) in [6, 6.07) is 9.65. The largest absolute Gasteiger partial charge is 0.507 e. The Morgan fingerprint density at radius 3 is 0.641 bits per heavy atom. The van der Waals surface area contributed by atoms with Crippen molar-refractivity contribution in [2.45, 2.75) is 339 Å². The smallest absolute Gasteiger partial charge is 0.122 e. The molecule has 0 saturated carbocycles. The van der Waals surface area contributed by atoms with E-state index in [-0.39, 0.29) is 16.8 Å². The standard InChI is InChI=1S/C73H138N4O2.C7H16O5.Co/c1-15-27-43-74(44-28-16-2,45-29-17-3)55-39-66(40-56-75(46-30-18-4,47-31-19-5)48-32-20-6)68-59-64(13)72(78)70(61-68)63-71-62-69(60-65(14)73(71)79)67(41-57-76(49-33-21-7,50-34-22-8)51-35-23-9)42-58-77(52-36-24-10,53-37-25-11)54-38-26-12;1-3(8)5(10)7(12)6(11)4(2)9;/h59-62,66-67H,15-58,63H2,1-14H3;3-12H,1-2H3;/q+2;;/p+2/t;3-,4?,5-,6+,7?;/m.0./s1. The van der Waals surface area contributed by atoms with Crippen molar-refractivity contribution in [3.05, 3.63) is 57.6 Å². The first-order chi connectivity index (χ1) is 43.5. The number of quaternary nitrogens is 4. The monoisotopic (exact) mass is 1340 g/mol. The second-order valence-corrected chi connectivity index (χ2v) is 29.6. The zero-order valence-corrected chi connectivity index (χ0v) is 64.5. The van der Waals surface area contributed by atoms with Gasteiger partial charge in [-0.3, -0.25) is 0 Å². The molecule has 0 bridgehead atoms. The number of rotatable bonds is 56. The predicted molar refractivity (Wildman–Crippen MR) is 392 cm³/mol. The maximum absolute atomic E-state index is 12.3. The minimum absolute atomic E-state index is 0. The average Bonchev–Trinajstić information content (AvgIpc) is 1.47. The number of nitrogens with zero attached hydrogens (tertiary/aromatic N) is 4. The van der Waals surface area contributed by atoms with E-state index in [0.717, 1.165) is 22.3 Å². The van der Waals surface area contributed by atoms with E-state index in [2.05, 4.69) is 121 Å². The summed E-state index contributed by atoms with van der Waals surface area (Å²) in [7, 11) is 0. The first-order valence-corrected chi connectivity index (χ1v) is 39.0. The second kappa shape index (κ2) is 51.4. The van der Waals surface area contributed by atoms with Crippen LogP contribution in [0.15, 0.2) is 24.3 Å². The number of benzene rings is 2. The zero-order chi connectivity index (χ0) is 68.3. The van der Waals surface area contributed by atoms with E-state index in [0.29, 0.717) is 29.8 Å². The summed E-state index contributed by atoms with van der Waals surface area (Å²) in [5.41, 5.74) is 6.84. The Balaban J connectivity index is 0.00000573. The second-order valence-electron chi connectivity index (χ2n) is 29.6. The van der Waals surface area contributed by atoms with Crippen LogP contribution in [0.2, 0.25) is 0 Å². The van der Waals surface area contributed by atoms with Crippen molar-refractivity contribution in [2.24, 2.45) is 0 Å². The van der Waals surface area contributed by atoms with E-state index in [9.17, 15) is 10.2 Å². The summed E-state index contributed by atoms with van der Waals surface area (Å²) in [5.74, 6) is 1.70. The molecular weight excluding hydrogens is 1190 g/mol. The fourth-order valence-corrected chi connectivity index (χ4v) is 14.8. The van der Waals surface area contributed by atoms with Gasteiger partial charge in [0.1, 0.15) is 29.8 Å². The molecule has 5 atom stereocenters. The van der Waals surface area contributed by atoms with Crippen LogP contribution in [0.4, 0.5) is 0 Å². The van der Waals surface area contributed by atoms with Crippen molar-refractivity contribution in [1.29, 1.82) is 0 Å². The molecule has 0 aliphatic heterocycles. The summed E-state index contributed by atoms with van der Waals surface area (Å²) in [4.78, 5) is 0. The van der Waals surface area contributed by atoms with Crippen LogP contribution >= 0.6 is 0 Å². The van der Waals surface area contributed by atoms with Crippen LogP contribution in [0.1, 0.15) is 322 Å². The van der Waals surface area contributed by atoms with E-state index in [1.807, 2.05) is 0 Å². The summed E-state index contributed by atoms with van der Waals surface area (Å²) in [6.07, 6.45) is 29.4. The van der Waals surface area contributed by atoms with Crippen molar-refractivity contribution in [1.82, 2.24) is 0 Å². The Labute approximate surface area is 580 Å². The van der Waals surface area contributed by atoms with Crippen LogP contribution in [-0.4, -0.2) is 189 Å². The Kier molecular flexibility index (Phi) is 50.4. The minimum atomic E-state index is -1.54. The van der Waals surface area contributed by atoms with Gasteiger partial charge in [-0.1, -0.05) is 184 Å². The fourth-order valence-electron chi connectivity index (χ4n) is 14.8. The number of phenolic OH excluding ortho intramolecular Hbond substituents is 2. The molecule has 0 aliphatic rings. The summed E-state index contributed by atoms with van der Waals surface area (Å²) in [6.45, 7) is 56.1. The molecule has 1 radical (unpaired) electrons. The molecule has 2 rings (SSSR count). The molecule has 7 N–H and O–H groups in total. The average molecular weight is 1350 g/mol. The number of unbranched alkanes of at least 4 members (excludes halogenated alkanes) is 12. The molecule has 11 nitrogen and oxygen atoms in total. The van der Waals surface area contributed by atoms with Gasteiger partial charge in [-0.2, -0.15) is 0 Å². The fraction of sp³-hybridized carbons (Fsp3) is 0.850. The van der Waals surface area contributed by atoms with Gasteiger partial charge < -0.3 is 53.7 Å². The van der Waals surface area contributed by atoms with Gasteiger partial charge in [0.2, 0.25) is 0 Å². The van der Waals surface area contributed by atoms with Crippen molar-refractivity contribution in [3.63, 3.8) is 0 Å². The Morgan fingerprint density at radius 2 is 0.478 bits per heavy atom. The molecule has 2 aromatic rings. The van der Waals surface area contributed by atoms with Crippen LogP contribution in [-0.2, 0) is 23.2 Å². The van der Waals surface area contributed by atoms with Gasteiger partial charge in [0.05, 0.1) is 117 Å². The Bertz CT molecular complexity index is 1800. The Morgan fingerprint density at radius 1 is 0.293 bits per heavy atom. The number of hydrogen-bond donors (Lipinski definition) is 7. The topological polar surface area (TPSA) is 142 Å². The van der Waals surface area contributed by atoms with Crippen molar-refractivity contribution in [2.75, 3.05) is 105 Å². The summed E-state index contributed by atoms with van der Waals surface area (Å²) in [5, 5.41) is 69.4. The van der Waals surface area contributed by atoms with Gasteiger partial charge in [0.25, 0.3) is 0 Å². The molecule has 0 fully saturated rings. The molecule has 12 heteroatoms. The zero-order valence-electron chi connectivity index (χ0n) is 63.4. The van der Waals surface area contributed by atoms with Crippen LogP contribution in [0.25, 0.3) is 0 Å². The van der Waals surface area contributed by atoms with E-state index >= 15 is 0 Å². The van der Waals surface area contributed by atoms with E-state index in [1.54, 1.807) is 0 Å². The molecule has 92 heavy (non-hydrogen) atoms. The maximum atomic E-state index is 12.3. The van der Waals surface area contributed by atoms with Gasteiger partial charge >= 0.3 is 0 Å². The molecule has 0 spiro atoms. The summed E-state index contributed by atoms with van der Waals surface area (Å²) < 4.78 is 5.07. The van der Waals surface area contributed by atoms with Crippen molar-refractivity contribution < 1.29 is 70.5 Å².